The van der Waals surface area contributed by atoms with Crippen molar-refractivity contribution < 1.29 is 22.7 Å². The first-order chi connectivity index (χ1) is 18.6. The van der Waals surface area contributed by atoms with E-state index in [0.717, 1.165) is 5.56 Å². The van der Waals surface area contributed by atoms with E-state index in [1.54, 1.807) is 0 Å². The van der Waals surface area contributed by atoms with E-state index >= 15 is 0 Å². The fourth-order valence-corrected chi connectivity index (χ4v) is 5.69. The molecule has 0 saturated carbocycles. The van der Waals surface area contributed by atoms with Crippen LogP contribution in [0.5, 0.6) is 5.88 Å². The number of ether oxygens (including phenoxy) is 1. The summed E-state index contributed by atoms with van der Waals surface area (Å²) >= 11 is 0. The average molecular weight is 552 g/mol. The molecule has 204 valence electrons. The molecule has 0 aliphatic rings. The minimum atomic E-state index is -4.47. The van der Waals surface area contributed by atoms with Crippen LogP contribution in [0.3, 0.4) is 0 Å². The van der Waals surface area contributed by atoms with Crippen LogP contribution >= 0.6 is 0 Å². The molecule has 2 aromatic carbocycles. The van der Waals surface area contributed by atoms with E-state index in [-0.39, 0.29) is 23.2 Å². The van der Waals surface area contributed by atoms with Gasteiger partial charge < -0.3 is 9.84 Å². The van der Waals surface area contributed by atoms with Crippen molar-refractivity contribution in [2.24, 2.45) is 5.92 Å². The smallest absolute Gasteiger partial charge is 0.277 e. The van der Waals surface area contributed by atoms with Crippen molar-refractivity contribution in [2.75, 3.05) is 13.7 Å². The second-order valence-corrected chi connectivity index (χ2v) is 11.5. The zero-order chi connectivity index (χ0) is 28.2. The SMILES string of the molecule is COC[C@@H](c1ccccc1)n1c(CCC(C)C)nc(O)c(S(=O)(=O)c2ccc(-c3ccc(F)nc3)cc2)c1=O. The highest BCUT2D eigenvalue weighted by Gasteiger charge is 2.32. The Labute approximate surface area is 226 Å². The lowest BCUT2D eigenvalue weighted by atomic mass is 10.1. The second kappa shape index (κ2) is 11.9. The van der Waals surface area contributed by atoms with Crippen LogP contribution in [-0.2, 0) is 21.0 Å². The molecule has 0 amide bonds. The number of halogens is 1. The molecule has 4 aromatic rings. The number of sulfone groups is 1. The number of aryl methyl sites for hydroxylation is 1. The van der Waals surface area contributed by atoms with Gasteiger partial charge in [-0.25, -0.2) is 13.4 Å². The molecule has 8 nitrogen and oxygen atoms in total. The Hall–Kier alpha value is -3.89. The monoisotopic (exact) mass is 551 g/mol. The van der Waals surface area contributed by atoms with E-state index in [4.69, 9.17) is 4.74 Å². The predicted molar refractivity (Wildman–Crippen MR) is 145 cm³/mol. The summed E-state index contributed by atoms with van der Waals surface area (Å²) < 4.78 is 47.4. The van der Waals surface area contributed by atoms with Crippen molar-refractivity contribution in [2.45, 2.75) is 42.5 Å². The number of pyridine rings is 1. The fourth-order valence-electron chi connectivity index (χ4n) is 4.34. The Morgan fingerprint density at radius 1 is 1.00 bits per heavy atom. The van der Waals surface area contributed by atoms with E-state index < -0.39 is 38.2 Å². The Morgan fingerprint density at radius 2 is 1.67 bits per heavy atom. The third-order valence-electron chi connectivity index (χ3n) is 6.39. The lowest BCUT2D eigenvalue weighted by Crippen LogP contribution is -2.35. The lowest BCUT2D eigenvalue weighted by Gasteiger charge is -2.24. The molecule has 0 saturated heterocycles. The maximum Gasteiger partial charge on any atom is 0.277 e. The third-order valence-corrected chi connectivity index (χ3v) is 8.18. The van der Waals surface area contributed by atoms with Crippen molar-refractivity contribution in [3.63, 3.8) is 0 Å². The number of hydrogen-bond donors (Lipinski definition) is 1. The Morgan fingerprint density at radius 3 is 2.26 bits per heavy atom. The Bertz CT molecular complexity index is 1590. The van der Waals surface area contributed by atoms with Crippen molar-refractivity contribution in [1.82, 2.24) is 14.5 Å². The van der Waals surface area contributed by atoms with Gasteiger partial charge in [0.25, 0.3) is 5.56 Å². The topological polar surface area (TPSA) is 111 Å². The summed E-state index contributed by atoms with van der Waals surface area (Å²) in [5.41, 5.74) is 1.06. The summed E-state index contributed by atoms with van der Waals surface area (Å²) in [4.78, 5) is 20.8. The van der Waals surface area contributed by atoms with Gasteiger partial charge in [0.2, 0.25) is 21.7 Å². The highest BCUT2D eigenvalue weighted by Crippen LogP contribution is 2.29. The highest BCUT2D eigenvalue weighted by atomic mass is 32.2. The molecule has 0 radical (unpaired) electrons. The van der Waals surface area contributed by atoms with Crippen LogP contribution < -0.4 is 5.56 Å². The minimum Gasteiger partial charge on any atom is -0.492 e. The minimum absolute atomic E-state index is 0.0882. The van der Waals surface area contributed by atoms with Crippen molar-refractivity contribution in [3.8, 4) is 17.0 Å². The maximum absolute atomic E-state index is 14.0. The zero-order valence-corrected chi connectivity index (χ0v) is 22.7. The van der Waals surface area contributed by atoms with Crippen molar-refractivity contribution in [1.29, 1.82) is 0 Å². The first kappa shape index (κ1) is 28.1. The molecule has 0 bridgehead atoms. The molecule has 2 aromatic heterocycles. The van der Waals surface area contributed by atoms with E-state index in [2.05, 4.69) is 9.97 Å². The van der Waals surface area contributed by atoms with Gasteiger partial charge in [-0.05, 0) is 47.7 Å². The largest absolute Gasteiger partial charge is 0.492 e. The number of aromatic hydroxyl groups is 1. The summed E-state index contributed by atoms with van der Waals surface area (Å²) in [5, 5.41) is 10.8. The first-order valence-electron chi connectivity index (χ1n) is 12.5. The summed E-state index contributed by atoms with van der Waals surface area (Å²) in [6.45, 7) is 4.14. The number of nitrogens with zero attached hydrogens (tertiary/aromatic N) is 3. The highest BCUT2D eigenvalue weighted by molar-refractivity contribution is 7.91. The van der Waals surface area contributed by atoms with Crippen molar-refractivity contribution in [3.05, 3.63) is 101 Å². The zero-order valence-electron chi connectivity index (χ0n) is 21.9. The summed E-state index contributed by atoms with van der Waals surface area (Å²) in [6.07, 6.45) is 2.36. The summed E-state index contributed by atoms with van der Waals surface area (Å²) in [6, 6.07) is 16.9. The Balaban J connectivity index is 1.86. The van der Waals surface area contributed by atoms with Crippen LogP contribution in [0.15, 0.2) is 87.5 Å². The van der Waals surface area contributed by atoms with Crippen LogP contribution in [-0.4, -0.2) is 41.8 Å². The fraction of sp³-hybridized carbons (Fsp3) is 0.276. The standard InChI is InChI=1S/C29H30FN3O5S/c1-19(2)9-16-26-32-28(34)27(29(35)33(26)24(18-38-3)21-7-5-4-6-8-21)39(36,37)23-13-10-20(11-14-23)22-12-15-25(30)31-17-22/h4-8,10-15,17,19,24,34H,9,16,18H2,1-3H3/t24-/m0/s1. The number of hydrogen-bond acceptors (Lipinski definition) is 7. The molecule has 10 heteroatoms. The quantitative estimate of drug-likeness (QED) is 0.282. The van der Waals surface area contributed by atoms with Gasteiger partial charge in [0, 0.05) is 25.3 Å². The van der Waals surface area contributed by atoms with Crippen LogP contribution in [0, 0.1) is 11.9 Å². The molecule has 0 spiro atoms. The van der Waals surface area contributed by atoms with Crippen LogP contribution in [0.2, 0.25) is 0 Å². The molecule has 0 aliphatic carbocycles. The molecule has 0 aliphatic heterocycles. The van der Waals surface area contributed by atoms with Gasteiger partial charge in [0.15, 0.2) is 4.90 Å². The molecule has 2 heterocycles. The van der Waals surface area contributed by atoms with Gasteiger partial charge >= 0.3 is 0 Å². The van der Waals surface area contributed by atoms with E-state index in [9.17, 15) is 22.7 Å². The number of benzene rings is 2. The van der Waals surface area contributed by atoms with Gasteiger partial charge in [-0.2, -0.15) is 9.37 Å². The number of methoxy groups -OCH3 is 1. The molecule has 1 atom stereocenters. The molecular weight excluding hydrogens is 521 g/mol. The number of rotatable bonds is 10. The summed E-state index contributed by atoms with van der Waals surface area (Å²) in [5.74, 6) is -0.911. The predicted octanol–water partition coefficient (Wildman–Crippen LogP) is 4.81. The Kier molecular flexibility index (Phi) is 8.57. The molecule has 1 N–H and O–H groups in total. The third kappa shape index (κ3) is 6.07. The molecule has 39 heavy (non-hydrogen) atoms. The average Bonchev–Trinajstić information content (AvgIpc) is 2.92. The van der Waals surface area contributed by atoms with E-state index in [0.29, 0.717) is 24.0 Å². The van der Waals surface area contributed by atoms with Crippen molar-refractivity contribution >= 4 is 9.84 Å². The maximum atomic E-state index is 14.0. The van der Waals surface area contributed by atoms with Gasteiger partial charge in [-0.3, -0.25) is 9.36 Å². The summed E-state index contributed by atoms with van der Waals surface area (Å²) in [7, 11) is -2.97. The first-order valence-corrected chi connectivity index (χ1v) is 14.0. The normalized spacial score (nSPS) is 12.5. The van der Waals surface area contributed by atoms with Gasteiger partial charge in [0.1, 0.15) is 5.82 Å². The van der Waals surface area contributed by atoms with Crippen LogP contribution in [0.1, 0.15) is 37.7 Å². The molecule has 0 fully saturated rings. The van der Waals surface area contributed by atoms with E-state index in [1.807, 2.05) is 44.2 Å². The van der Waals surface area contributed by atoms with E-state index in [1.165, 1.54) is 54.3 Å². The van der Waals surface area contributed by atoms with Gasteiger partial charge in [-0.15, -0.1) is 0 Å². The van der Waals surface area contributed by atoms with Crippen LogP contribution in [0.4, 0.5) is 4.39 Å². The molecule has 4 rings (SSSR count). The van der Waals surface area contributed by atoms with Gasteiger partial charge in [-0.1, -0.05) is 56.3 Å². The lowest BCUT2D eigenvalue weighted by molar-refractivity contribution is 0.165. The molecule has 0 unspecified atom stereocenters. The second-order valence-electron chi connectivity index (χ2n) is 9.57. The van der Waals surface area contributed by atoms with Crippen LogP contribution in [0.25, 0.3) is 11.1 Å². The molecular formula is C29H30FN3O5S. The number of aromatic nitrogens is 3. The van der Waals surface area contributed by atoms with Gasteiger partial charge in [0.05, 0.1) is 17.5 Å².